The summed E-state index contributed by atoms with van der Waals surface area (Å²) in [5.74, 6) is -1.19. The highest BCUT2D eigenvalue weighted by molar-refractivity contribution is 5.80. The van der Waals surface area contributed by atoms with E-state index in [2.05, 4.69) is 12.2 Å². The number of carbonyl (C=O) groups is 2. The summed E-state index contributed by atoms with van der Waals surface area (Å²) in [7, 11) is 0. The summed E-state index contributed by atoms with van der Waals surface area (Å²) in [4.78, 5) is 21.8. The summed E-state index contributed by atoms with van der Waals surface area (Å²) in [6.45, 7) is 3.98. The second kappa shape index (κ2) is 6.79. The minimum Gasteiger partial charge on any atom is -0.481 e. The monoisotopic (exact) mass is 249 g/mol. The van der Waals surface area contributed by atoms with Crippen LogP contribution in [0.15, 0.2) is 24.3 Å². The number of rotatable bonds is 6. The van der Waals surface area contributed by atoms with Crippen LogP contribution in [0.25, 0.3) is 0 Å². The molecule has 0 aliphatic heterocycles. The topological polar surface area (TPSA) is 66.4 Å². The normalized spacial score (nSPS) is 11.9. The Bertz CT molecular complexity index is 412. The van der Waals surface area contributed by atoms with Gasteiger partial charge >= 0.3 is 5.97 Å². The highest BCUT2D eigenvalue weighted by Crippen LogP contribution is 2.13. The minimum absolute atomic E-state index is 0.0206. The number of benzene rings is 1. The number of aliphatic carboxylic acids is 1. The van der Waals surface area contributed by atoms with Gasteiger partial charge in [-0.15, -0.1) is 0 Å². The summed E-state index contributed by atoms with van der Waals surface area (Å²) in [6, 6.07) is 7.95. The van der Waals surface area contributed by atoms with Crippen LogP contribution in [0.5, 0.6) is 0 Å². The number of carboxylic acid groups (broad SMARTS) is 1. The molecule has 1 aromatic carbocycles. The van der Waals surface area contributed by atoms with Crippen LogP contribution in [-0.4, -0.2) is 17.0 Å². The summed E-state index contributed by atoms with van der Waals surface area (Å²) >= 11 is 0. The lowest BCUT2D eigenvalue weighted by atomic mass is 10.0. The highest BCUT2D eigenvalue weighted by Gasteiger charge is 2.10. The molecule has 0 spiro atoms. The van der Waals surface area contributed by atoms with Gasteiger partial charge in [-0.05, 0) is 24.5 Å². The van der Waals surface area contributed by atoms with Crippen LogP contribution >= 0.6 is 0 Å². The van der Waals surface area contributed by atoms with E-state index in [1.807, 2.05) is 31.2 Å². The van der Waals surface area contributed by atoms with Crippen molar-refractivity contribution in [3.05, 3.63) is 35.4 Å². The molecule has 0 bridgehead atoms. The van der Waals surface area contributed by atoms with Crippen molar-refractivity contribution in [3.63, 3.8) is 0 Å². The van der Waals surface area contributed by atoms with Crippen LogP contribution in [-0.2, 0) is 16.0 Å². The van der Waals surface area contributed by atoms with Gasteiger partial charge in [0, 0.05) is 6.42 Å². The maximum absolute atomic E-state index is 11.5. The molecule has 0 saturated carbocycles. The summed E-state index contributed by atoms with van der Waals surface area (Å²) < 4.78 is 0. The second-order valence-corrected chi connectivity index (χ2v) is 4.28. The predicted molar refractivity (Wildman–Crippen MR) is 69.2 cm³/mol. The zero-order valence-electron chi connectivity index (χ0n) is 10.8. The van der Waals surface area contributed by atoms with Gasteiger partial charge in [0.2, 0.25) is 5.91 Å². The quantitative estimate of drug-likeness (QED) is 0.813. The zero-order valence-corrected chi connectivity index (χ0v) is 10.8. The van der Waals surface area contributed by atoms with Crippen molar-refractivity contribution in [2.75, 3.05) is 0 Å². The first-order valence-corrected chi connectivity index (χ1v) is 6.13. The van der Waals surface area contributed by atoms with E-state index in [1.165, 1.54) is 5.56 Å². The molecule has 0 aliphatic carbocycles. The number of carboxylic acids is 1. The molecule has 0 radical (unpaired) electrons. The van der Waals surface area contributed by atoms with E-state index in [-0.39, 0.29) is 24.8 Å². The minimum atomic E-state index is -0.954. The second-order valence-electron chi connectivity index (χ2n) is 4.28. The Labute approximate surface area is 107 Å². The Morgan fingerprint density at radius 1 is 1.22 bits per heavy atom. The first-order chi connectivity index (χ1) is 8.52. The number of carbonyl (C=O) groups excluding carboxylic acids is 1. The third kappa shape index (κ3) is 4.57. The van der Waals surface area contributed by atoms with E-state index in [9.17, 15) is 9.59 Å². The van der Waals surface area contributed by atoms with Crippen molar-refractivity contribution >= 4 is 11.9 Å². The number of hydrogen-bond donors (Lipinski definition) is 2. The first kappa shape index (κ1) is 14.2. The van der Waals surface area contributed by atoms with E-state index in [1.54, 1.807) is 0 Å². The summed E-state index contributed by atoms with van der Waals surface area (Å²) in [5.41, 5.74) is 2.28. The SMILES string of the molecule is CCc1ccc([C@H](C)NC(=O)CCC(=O)O)cc1. The van der Waals surface area contributed by atoms with E-state index in [4.69, 9.17) is 5.11 Å². The molecule has 0 heterocycles. The van der Waals surface area contributed by atoms with Crippen LogP contribution in [0.3, 0.4) is 0 Å². The predicted octanol–water partition coefficient (Wildman–Crippen LogP) is 2.29. The molecule has 0 fully saturated rings. The lowest BCUT2D eigenvalue weighted by molar-refractivity contribution is -0.138. The standard InChI is InChI=1S/C14H19NO3/c1-3-11-4-6-12(7-5-11)10(2)15-13(16)8-9-14(17)18/h4-7,10H,3,8-9H2,1-2H3,(H,15,16)(H,17,18)/t10-/m0/s1. The van der Waals surface area contributed by atoms with Crippen LogP contribution < -0.4 is 5.32 Å². The first-order valence-electron chi connectivity index (χ1n) is 6.13. The number of nitrogens with one attached hydrogen (secondary N) is 1. The molecule has 4 nitrogen and oxygen atoms in total. The molecule has 0 aliphatic rings. The van der Waals surface area contributed by atoms with E-state index in [0.717, 1.165) is 12.0 Å². The molecular weight excluding hydrogens is 230 g/mol. The third-order valence-corrected chi connectivity index (χ3v) is 2.83. The van der Waals surface area contributed by atoms with Crippen LogP contribution in [0, 0.1) is 0 Å². The Balaban J connectivity index is 2.50. The van der Waals surface area contributed by atoms with Gasteiger partial charge in [0.25, 0.3) is 0 Å². The van der Waals surface area contributed by atoms with Gasteiger partial charge in [-0.3, -0.25) is 9.59 Å². The highest BCUT2D eigenvalue weighted by atomic mass is 16.4. The van der Waals surface area contributed by atoms with Crippen molar-refractivity contribution in [1.82, 2.24) is 5.32 Å². The molecule has 0 saturated heterocycles. The lowest BCUT2D eigenvalue weighted by Crippen LogP contribution is -2.26. The zero-order chi connectivity index (χ0) is 13.5. The van der Waals surface area contributed by atoms with E-state index >= 15 is 0 Å². The van der Waals surface area contributed by atoms with Gasteiger partial charge in [-0.25, -0.2) is 0 Å². The van der Waals surface area contributed by atoms with Crippen LogP contribution in [0.2, 0.25) is 0 Å². The molecule has 1 aromatic rings. The fraction of sp³-hybridized carbons (Fsp3) is 0.429. The molecule has 18 heavy (non-hydrogen) atoms. The third-order valence-electron chi connectivity index (χ3n) is 2.83. The van der Waals surface area contributed by atoms with Gasteiger partial charge in [-0.1, -0.05) is 31.2 Å². The molecule has 0 aromatic heterocycles. The molecule has 1 rings (SSSR count). The number of amides is 1. The van der Waals surface area contributed by atoms with Crippen molar-refractivity contribution < 1.29 is 14.7 Å². The molecule has 1 amide bonds. The van der Waals surface area contributed by atoms with E-state index < -0.39 is 5.97 Å². The maximum Gasteiger partial charge on any atom is 0.303 e. The van der Waals surface area contributed by atoms with E-state index in [0.29, 0.717) is 0 Å². The molecule has 98 valence electrons. The van der Waals surface area contributed by atoms with Crippen molar-refractivity contribution in [3.8, 4) is 0 Å². The fourth-order valence-corrected chi connectivity index (χ4v) is 1.66. The van der Waals surface area contributed by atoms with Crippen molar-refractivity contribution in [2.24, 2.45) is 0 Å². The van der Waals surface area contributed by atoms with Gasteiger partial charge < -0.3 is 10.4 Å². The smallest absolute Gasteiger partial charge is 0.303 e. The molecule has 1 atom stereocenters. The summed E-state index contributed by atoms with van der Waals surface area (Å²) in [5, 5.41) is 11.3. The van der Waals surface area contributed by atoms with Crippen LogP contribution in [0.1, 0.15) is 43.9 Å². The Kier molecular flexibility index (Phi) is 5.36. The fourth-order valence-electron chi connectivity index (χ4n) is 1.66. The van der Waals surface area contributed by atoms with Crippen molar-refractivity contribution in [2.45, 2.75) is 39.2 Å². The van der Waals surface area contributed by atoms with Gasteiger partial charge in [0.15, 0.2) is 0 Å². The van der Waals surface area contributed by atoms with Crippen LogP contribution in [0.4, 0.5) is 0 Å². The Morgan fingerprint density at radius 2 is 1.83 bits per heavy atom. The van der Waals surface area contributed by atoms with Gasteiger partial charge in [0.05, 0.1) is 12.5 Å². The Hall–Kier alpha value is -1.84. The average Bonchev–Trinajstić information content (AvgIpc) is 2.36. The average molecular weight is 249 g/mol. The van der Waals surface area contributed by atoms with Gasteiger partial charge in [0.1, 0.15) is 0 Å². The van der Waals surface area contributed by atoms with Gasteiger partial charge in [-0.2, -0.15) is 0 Å². The number of hydrogen-bond acceptors (Lipinski definition) is 2. The summed E-state index contributed by atoms with van der Waals surface area (Å²) in [6.07, 6.45) is 0.875. The lowest BCUT2D eigenvalue weighted by Gasteiger charge is -2.14. The number of aryl methyl sites for hydroxylation is 1. The molecule has 2 N–H and O–H groups in total. The molecule has 4 heteroatoms. The Morgan fingerprint density at radius 3 is 2.33 bits per heavy atom. The molecule has 0 unspecified atom stereocenters. The van der Waals surface area contributed by atoms with Crippen molar-refractivity contribution in [1.29, 1.82) is 0 Å². The largest absolute Gasteiger partial charge is 0.481 e. The maximum atomic E-state index is 11.5. The molecular formula is C14H19NO3.